The number of nitrogens with zero attached hydrogens (tertiary/aromatic N) is 2. The lowest BCUT2D eigenvalue weighted by molar-refractivity contribution is 0.623. The van der Waals surface area contributed by atoms with Crippen molar-refractivity contribution in [3.05, 3.63) is 47.5 Å². The molecule has 1 N–H and O–H groups in total. The van der Waals surface area contributed by atoms with Crippen molar-refractivity contribution in [2.45, 2.75) is 26.8 Å². The normalized spacial score (nSPS) is 10.8. The van der Waals surface area contributed by atoms with E-state index in [2.05, 4.69) is 17.3 Å². The van der Waals surface area contributed by atoms with Gasteiger partial charge in [0, 0.05) is 12.7 Å². The van der Waals surface area contributed by atoms with Gasteiger partial charge in [0.2, 0.25) is 0 Å². The Kier molecular flexibility index (Phi) is 4.10. The van der Waals surface area contributed by atoms with Crippen LogP contribution in [0.2, 0.25) is 0 Å². The zero-order chi connectivity index (χ0) is 13.0. The average Bonchev–Trinajstić information content (AvgIpc) is 2.81. The molecular formula is C14H18FN3. The lowest BCUT2D eigenvalue weighted by Gasteiger charge is -2.05. The second-order valence-corrected chi connectivity index (χ2v) is 4.36. The molecule has 0 fully saturated rings. The first-order valence-corrected chi connectivity index (χ1v) is 6.22. The van der Waals surface area contributed by atoms with Crippen molar-refractivity contribution in [2.24, 2.45) is 0 Å². The van der Waals surface area contributed by atoms with Crippen LogP contribution >= 0.6 is 0 Å². The van der Waals surface area contributed by atoms with Crippen LogP contribution in [0.3, 0.4) is 0 Å². The quantitative estimate of drug-likeness (QED) is 0.823. The summed E-state index contributed by atoms with van der Waals surface area (Å²) in [5.74, 6) is -0.239. The Morgan fingerprint density at radius 1 is 1.33 bits per heavy atom. The average molecular weight is 247 g/mol. The molecule has 2 rings (SSSR count). The topological polar surface area (TPSA) is 29.9 Å². The minimum atomic E-state index is -0.239. The van der Waals surface area contributed by atoms with Crippen LogP contribution in [0, 0.1) is 12.7 Å². The van der Waals surface area contributed by atoms with Gasteiger partial charge < -0.3 is 5.32 Å². The van der Waals surface area contributed by atoms with Gasteiger partial charge >= 0.3 is 0 Å². The van der Waals surface area contributed by atoms with Crippen LogP contribution in [-0.4, -0.2) is 16.3 Å². The van der Waals surface area contributed by atoms with E-state index >= 15 is 0 Å². The second-order valence-electron chi connectivity index (χ2n) is 4.36. The van der Waals surface area contributed by atoms with Gasteiger partial charge in [-0.15, -0.1) is 0 Å². The van der Waals surface area contributed by atoms with Gasteiger partial charge in [0.15, 0.2) is 0 Å². The first-order valence-electron chi connectivity index (χ1n) is 6.22. The van der Waals surface area contributed by atoms with Crippen molar-refractivity contribution in [1.29, 1.82) is 0 Å². The Hall–Kier alpha value is -1.68. The van der Waals surface area contributed by atoms with Crippen LogP contribution in [0.4, 0.5) is 4.39 Å². The maximum atomic E-state index is 13.2. The molecule has 18 heavy (non-hydrogen) atoms. The van der Waals surface area contributed by atoms with Crippen LogP contribution in [0.15, 0.2) is 30.5 Å². The lowest BCUT2D eigenvalue weighted by Crippen LogP contribution is -2.14. The molecule has 0 saturated heterocycles. The molecule has 0 aliphatic heterocycles. The summed E-state index contributed by atoms with van der Waals surface area (Å²) in [5, 5.41) is 7.73. The van der Waals surface area contributed by atoms with Gasteiger partial charge in [-0.05, 0) is 43.7 Å². The molecule has 3 nitrogen and oxygen atoms in total. The fourth-order valence-corrected chi connectivity index (χ4v) is 1.81. The van der Waals surface area contributed by atoms with Gasteiger partial charge in [-0.2, -0.15) is 5.10 Å². The SMILES string of the molecule is CCCNCc1ccn(-c2cc(F)ccc2C)n1. The largest absolute Gasteiger partial charge is 0.311 e. The molecule has 0 bridgehead atoms. The number of benzene rings is 1. The predicted octanol–water partition coefficient (Wildman–Crippen LogP) is 2.82. The molecule has 2 aromatic rings. The monoisotopic (exact) mass is 247 g/mol. The number of hydrogen-bond acceptors (Lipinski definition) is 2. The second kappa shape index (κ2) is 5.78. The minimum absolute atomic E-state index is 0.239. The summed E-state index contributed by atoms with van der Waals surface area (Å²) in [6, 6.07) is 6.69. The fraction of sp³-hybridized carbons (Fsp3) is 0.357. The molecule has 0 spiro atoms. The highest BCUT2D eigenvalue weighted by Gasteiger charge is 2.05. The number of aromatic nitrogens is 2. The van der Waals surface area contributed by atoms with Crippen molar-refractivity contribution >= 4 is 0 Å². The first kappa shape index (κ1) is 12.8. The van der Waals surface area contributed by atoms with E-state index in [1.165, 1.54) is 12.1 Å². The number of aryl methyl sites for hydroxylation is 1. The number of halogens is 1. The van der Waals surface area contributed by atoms with Crippen molar-refractivity contribution in [1.82, 2.24) is 15.1 Å². The van der Waals surface area contributed by atoms with Gasteiger partial charge in [-0.1, -0.05) is 13.0 Å². The summed E-state index contributed by atoms with van der Waals surface area (Å²) in [5.41, 5.74) is 2.76. The number of nitrogens with one attached hydrogen (secondary N) is 1. The van der Waals surface area contributed by atoms with Crippen molar-refractivity contribution in [3.8, 4) is 5.69 Å². The molecule has 0 radical (unpaired) electrons. The molecule has 1 heterocycles. The van der Waals surface area contributed by atoms with E-state index in [9.17, 15) is 4.39 Å². The highest BCUT2D eigenvalue weighted by atomic mass is 19.1. The number of rotatable bonds is 5. The minimum Gasteiger partial charge on any atom is -0.311 e. The van der Waals surface area contributed by atoms with E-state index in [4.69, 9.17) is 0 Å². The standard InChI is InChI=1S/C14H18FN3/c1-3-7-16-10-13-6-8-18(17-13)14-9-12(15)5-4-11(14)2/h4-6,8-9,16H,3,7,10H2,1-2H3. The van der Waals surface area contributed by atoms with E-state index in [0.29, 0.717) is 0 Å². The summed E-state index contributed by atoms with van der Waals surface area (Å²) in [7, 11) is 0. The maximum Gasteiger partial charge on any atom is 0.125 e. The van der Waals surface area contributed by atoms with Crippen LogP contribution in [0.5, 0.6) is 0 Å². The highest BCUT2D eigenvalue weighted by Crippen LogP contribution is 2.15. The molecule has 96 valence electrons. The van der Waals surface area contributed by atoms with Crippen molar-refractivity contribution in [2.75, 3.05) is 6.54 Å². The molecule has 1 aromatic carbocycles. The van der Waals surface area contributed by atoms with E-state index in [1.807, 2.05) is 19.2 Å². The molecule has 0 amide bonds. The van der Waals surface area contributed by atoms with Crippen LogP contribution in [0.25, 0.3) is 5.69 Å². The zero-order valence-corrected chi connectivity index (χ0v) is 10.8. The summed E-state index contributed by atoms with van der Waals surface area (Å²) >= 11 is 0. The molecule has 0 atom stereocenters. The summed E-state index contributed by atoms with van der Waals surface area (Å²) in [6.07, 6.45) is 2.97. The van der Waals surface area contributed by atoms with E-state index in [0.717, 1.165) is 36.5 Å². The third-order valence-corrected chi connectivity index (χ3v) is 2.80. The Labute approximate surface area is 107 Å². The highest BCUT2D eigenvalue weighted by molar-refractivity contribution is 5.39. The lowest BCUT2D eigenvalue weighted by atomic mass is 10.2. The van der Waals surface area contributed by atoms with Crippen LogP contribution in [-0.2, 0) is 6.54 Å². The maximum absolute atomic E-state index is 13.2. The molecule has 1 aromatic heterocycles. The Morgan fingerprint density at radius 3 is 2.94 bits per heavy atom. The summed E-state index contributed by atoms with van der Waals surface area (Å²) < 4.78 is 15.0. The first-order chi connectivity index (χ1) is 8.70. The molecular weight excluding hydrogens is 229 g/mol. The van der Waals surface area contributed by atoms with Gasteiger partial charge in [-0.3, -0.25) is 0 Å². The third-order valence-electron chi connectivity index (χ3n) is 2.80. The molecule has 0 aliphatic carbocycles. The Morgan fingerprint density at radius 2 is 2.17 bits per heavy atom. The Bertz CT molecular complexity index is 520. The van der Waals surface area contributed by atoms with Crippen molar-refractivity contribution < 1.29 is 4.39 Å². The molecule has 0 aliphatic rings. The summed E-state index contributed by atoms with van der Waals surface area (Å²) in [4.78, 5) is 0. The summed E-state index contributed by atoms with van der Waals surface area (Å²) in [6.45, 7) is 5.80. The zero-order valence-electron chi connectivity index (χ0n) is 10.8. The van der Waals surface area contributed by atoms with Gasteiger partial charge in [0.1, 0.15) is 5.82 Å². The van der Waals surface area contributed by atoms with Crippen LogP contribution < -0.4 is 5.32 Å². The molecule has 4 heteroatoms. The molecule has 0 saturated carbocycles. The van der Waals surface area contributed by atoms with Gasteiger partial charge in [0.05, 0.1) is 11.4 Å². The Balaban J connectivity index is 2.16. The number of hydrogen-bond donors (Lipinski definition) is 1. The predicted molar refractivity (Wildman–Crippen MR) is 70.3 cm³/mol. The fourth-order valence-electron chi connectivity index (χ4n) is 1.81. The van der Waals surface area contributed by atoms with E-state index in [1.54, 1.807) is 10.7 Å². The third kappa shape index (κ3) is 2.96. The smallest absolute Gasteiger partial charge is 0.125 e. The van der Waals surface area contributed by atoms with E-state index in [-0.39, 0.29) is 5.82 Å². The van der Waals surface area contributed by atoms with E-state index < -0.39 is 0 Å². The molecule has 0 unspecified atom stereocenters. The van der Waals surface area contributed by atoms with Crippen molar-refractivity contribution in [3.63, 3.8) is 0 Å². The van der Waals surface area contributed by atoms with Crippen LogP contribution in [0.1, 0.15) is 24.6 Å². The van der Waals surface area contributed by atoms with Gasteiger partial charge in [-0.25, -0.2) is 9.07 Å². The van der Waals surface area contributed by atoms with Gasteiger partial charge in [0.25, 0.3) is 0 Å².